The first-order valence-corrected chi connectivity index (χ1v) is 7.78. The molecule has 0 radical (unpaired) electrons. The second-order valence-electron chi connectivity index (χ2n) is 5.66. The molecule has 116 valence electrons. The third kappa shape index (κ3) is 4.30. The van der Waals surface area contributed by atoms with Gasteiger partial charge < -0.3 is 10.0 Å². The highest BCUT2D eigenvalue weighted by atomic mass is 79.9. The fraction of sp³-hybridized carbons (Fsp3) is 0.500. The molecule has 21 heavy (non-hydrogen) atoms. The lowest BCUT2D eigenvalue weighted by molar-refractivity contribution is -0.156. The lowest BCUT2D eigenvalue weighted by atomic mass is 9.95. The number of benzene rings is 1. The summed E-state index contributed by atoms with van der Waals surface area (Å²) in [5.74, 6) is -1.08. The van der Waals surface area contributed by atoms with E-state index in [1.54, 1.807) is 20.8 Å². The van der Waals surface area contributed by atoms with Crippen molar-refractivity contribution in [2.75, 3.05) is 6.54 Å². The molecule has 0 saturated heterocycles. The van der Waals surface area contributed by atoms with Gasteiger partial charge in [0.1, 0.15) is 5.54 Å². The molecule has 0 fully saturated rings. The van der Waals surface area contributed by atoms with Crippen molar-refractivity contribution in [1.29, 1.82) is 0 Å². The zero-order valence-electron chi connectivity index (χ0n) is 12.9. The number of carbonyl (C=O) groups excluding carboxylic acids is 1. The Morgan fingerprint density at radius 3 is 2.24 bits per heavy atom. The number of rotatable bonds is 6. The summed E-state index contributed by atoms with van der Waals surface area (Å²) in [7, 11) is 0. The highest BCUT2D eigenvalue weighted by Crippen LogP contribution is 2.24. The number of nitrogens with zero attached hydrogens (tertiary/aromatic N) is 1. The molecule has 0 aliphatic carbocycles. The monoisotopic (exact) mass is 355 g/mol. The number of carboxylic acids is 1. The number of hydrogen-bond acceptors (Lipinski definition) is 2. The number of halogens is 1. The van der Waals surface area contributed by atoms with Crippen LogP contribution in [-0.4, -0.2) is 34.0 Å². The van der Waals surface area contributed by atoms with Gasteiger partial charge in [0.05, 0.1) is 0 Å². The van der Waals surface area contributed by atoms with Crippen LogP contribution >= 0.6 is 15.9 Å². The van der Waals surface area contributed by atoms with Crippen LogP contribution in [0.5, 0.6) is 0 Å². The fourth-order valence-electron chi connectivity index (χ4n) is 2.28. The van der Waals surface area contributed by atoms with E-state index in [0.717, 1.165) is 10.0 Å². The first-order chi connectivity index (χ1) is 9.70. The van der Waals surface area contributed by atoms with Crippen LogP contribution in [0.25, 0.3) is 0 Å². The topological polar surface area (TPSA) is 57.6 Å². The Bertz CT molecular complexity index is 511. The Morgan fingerprint density at radius 1 is 1.29 bits per heavy atom. The number of likely N-dealkylation sites (N-methyl/N-ethyl adjacent to an activating group) is 1. The Hall–Kier alpha value is -1.36. The van der Waals surface area contributed by atoms with Crippen molar-refractivity contribution in [2.24, 2.45) is 0 Å². The van der Waals surface area contributed by atoms with E-state index >= 15 is 0 Å². The van der Waals surface area contributed by atoms with Gasteiger partial charge in [-0.15, -0.1) is 0 Å². The number of aliphatic carboxylic acids is 1. The number of amides is 1. The molecule has 0 spiro atoms. The summed E-state index contributed by atoms with van der Waals surface area (Å²) in [6.45, 7) is 7.27. The highest BCUT2D eigenvalue weighted by Gasteiger charge is 2.37. The summed E-state index contributed by atoms with van der Waals surface area (Å²) < 4.78 is 0.993. The molecule has 0 aliphatic rings. The second kappa shape index (κ2) is 7.07. The Morgan fingerprint density at radius 2 is 1.81 bits per heavy atom. The van der Waals surface area contributed by atoms with Gasteiger partial charge in [-0.1, -0.05) is 35.0 Å². The van der Waals surface area contributed by atoms with Crippen molar-refractivity contribution in [3.8, 4) is 0 Å². The van der Waals surface area contributed by atoms with E-state index in [1.807, 2.05) is 31.2 Å². The average Bonchev–Trinajstić information content (AvgIpc) is 2.39. The van der Waals surface area contributed by atoms with E-state index in [0.29, 0.717) is 13.0 Å². The van der Waals surface area contributed by atoms with Gasteiger partial charge in [-0.3, -0.25) is 4.79 Å². The van der Waals surface area contributed by atoms with Gasteiger partial charge in [0.15, 0.2) is 0 Å². The zero-order valence-corrected chi connectivity index (χ0v) is 14.5. The standard InChI is InChI=1S/C16H22BrNO3/c1-5-18(16(3,4)15(20)21)14(19)10-11(2)12-6-8-13(17)9-7-12/h6-9,11H,5,10H2,1-4H3,(H,20,21). The normalized spacial score (nSPS) is 12.8. The lowest BCUT2D eigenvalue weighted by Gasteiger charge is -2.35. The molecule has 1 aromatic carbocycles. The summed E-state index contributed by atoms with van der Waals surface area (Å²) in [4.78, 5) is 25.2. The predicted molar refractivity (Wildman–Crippen MR) is 86.3 cm³/mol. The van der Waals surface area contributed by atoms with Crippen LogP contribution in [0.3, 0.4) is 0 Å². The van der Waals surface area contributed by atoms with Gasteiger partial charge in [0, 0.05) is 17.4 Å². The smallest absolute Gasteiger partial charge is 0.329 e. The van der Waals surface area contributed by atoms with Gasteiger partial charge in [0.2, 0.25) is 5.91 Å². The summed E-state index contributed by atoms with van der Waals surface area (Å²) in [6.07, 6.45) is 0.298. The molecule has 1 aromatic rings. The maximum absolute atomic E-state index is 12.4. The van der Waals surface area contributed by atoms with Crippen molar-refractivity contribution >= 4 is 27.8 Å². The van der Waals surface area contributed by atoms with Crippen LogP contribution in [0.4, 0.5) is 0 Å². The Labute approximate surface area is 134 Å². The summed E-state index contributed by atoms with van der Waals surface area (Å²) in [5.41, 5.74) is -0.124. The van der Waals surface area contributed by atoms with Gasteiger partial charge in [-0.05, 0) is 44.4 Å². The van der Waals surface area contributed by atoms with E-state index in [1.165, 1.54) is 4.90 Å². The van der Waals surface area contributed by atoms with Gasteiger partial charge in [0.25, 0.3) is 0 Å². The minimum Gasteiger partial charge on any atom is -0.480 e. The lowest BCUT2D eigenvalue weighted by Crippen LogP contribution is -2.53. The molecule has 1 rings (SSSR count). The first-order valence-electron chi connectivity index (χ1n) is 6.99. The van der Waals surface area contributed by atoms with Crippen LogP contribution in [0, 0.1) is 0 Å². The number of carboxylic acid groups (broad SMARTS) is 1. The molecule has 0 aromatic heterocycles. The molecule has 5 heteroatoms. The minimum atomic E-state index is -1.19. The van der Waals surface area contributed by atoms with Crippen LogP contribution in [0.15, 0.2) is 28.7 Å². The van der Waals surface area contributed by atoms with E-state index in [9.17, 15) is 14.7 Å². The van der Waals surface area contributed by atoms with Gasteiger partial charge >= 0.3 is 5.97 Å². The maximum atomic E-state index is 12.4. The van der Waals surface area contributed by atoms with Gasteiger partial charge in [-0.2, -0.15) is 0 Å². The Kier molecular flexibility index (Phi) is 5.96. The largest absolute Gasteiger partial charge is 0.480 e. The summed E-state index contributed by atoms with van der Waals surface area (Å²) >= 11 is 3.38. The number of carbonyl (C=O) groups is 2. The molecule has 1 N–H and O–H groups in total. The van der Waals surface area contributed by atoms with Crippen LogP contribution < -0.4 is 0 Å². The maximum Gasteiger partial charge on any atom is 0.329 e. The van der Waals surface area contributed by atoms with Crippen LogP contribution in [0.2, 0.25) is 0 Å². The second-order valence-corrected chi connectivity index (χ2v) is 6.57. The summed E-state index contributed by atoms with van der Waals surface area (Å²) in [6, 6.07) is 7.82. The third-order valence-corrected chi connectivity index (χ3v) is 4.26. The van der Waals surface area contributed by atoms with E-state index < -0.39 is 11.5 Å². The highest BCUT2D eigenvalue weighted by molar-refractivity contribution is 9.10. The zero-order chi connectivity index (χ0) is 16.2. The molecular weight excluding hydrogens is 334 g/mol. The minimum absolute atomic E-state index is 0.0456. The molecule has 1 unspecified atom stereocenters. The average molecular weight is 356 g/mol. The third-order valence-electron chi connectivity index (χ3n) is 3.74. The molecule has 0 saturated carbocycles. The number of hydrogen-bond donors (Lipinski definition) is 1. The molecule has 0 bridgehead atoms. The van der Waals surface area contributed by atoms with Crippen molar-refractivity contribution in [1.82, 2.24) is 4.90 Å². The van der Waals surface area contributed by atoms with Crippen molar-refractivity contribution in [2.45, 2.75) is 45.6 Å². The van der Waals surface area contributed by atoms with E-state index in [-0.39, 0.29) is 11.8 Å². The molecule has 0 heterocycles. The van der Waals surface area contributed by atoms with E-state index in [4.69, 9.17) is 0 Å². The van der Waals surface area contributed by atoms with Crippen molar-refractivity contribution < 1.29 is 14.7 Å². The first kappa shape index (κ1) is 17.7. The van der Waals surface area contributed by atoms with Crippen LogP contribution in [0.1, 0.15) is 45.6 Å². The van der Waals surface area contributed by atoms with Crippen molar-refractivity contribution in [3.63, 3.8) is 0 Å². The predicted octanol–water partition coefficient (Wildman–Crippen LogP) is 3.65. The van der Waals surface area contributed by atoms with E-state index in [2.05, 4.69) is 15.9 Å². The molecule has 4 nitrogen and oxygen atoms in total. The van der Waals surface area contributed by atoms with Crippen molar-refractivity contribution in [3.05, 3.63) is 34.3 Å². The summed E-state index contributed by atoms with van der Waals surface area (Å²) in [5, 5.41) is 9.27. The fourth-order valence-corrected chi connectivity index (χ4v) is 2.54. The molecule has 1 amide bonds. The molecular formula is C16H22BrNO3. The quantitative estimate of drug-likeness (QED) is 0.846. The van der Waals surface area contributed by atoms with Gasteiger partial charge in [-0.25, -0.2) is 4.79 Å². The molecule has 0 aliphatic heterocycles. The Balaban J connectivity index is 2.83. The SMILES string of the molecule is CCN(C(=O)CC(C)c1ccc(Br)cc1)C(C)(C)C(=O)O. The van der Waals surface area contributed by atoms with Crippen LogP contribution in [-0.2, 0) is 9.59 Å². The molecule has 1 atom stereocenters.